The minimum Gasteiger partial charge on any atom is -0.481 e. The fourth-order valence-electron chi connectivity index (χ4n) is 1.46. The van der Waals surface area contributed by atoms with Crippen LogP contribution in [0.4, 0.5) is 4.39 Å². The molecule has 0 aliphatic heterocycles. The summed E-state index contributed by atoms with van der Waals surface area (Å²) in [6.07, 6.45) is -0.318. The molecule has 5 nitrogen and oxygen atoms in total. The van der Waals surface area contributed by atoms with Crippen LogP contribution in [0.15, 0.2) is 29.2 Å². The van der Waals surface area contributed by atoms with Gasteiger partial charge in [-0.1, -0.05) is 19.1 Å². The molecule has 7 heteroatoms. The summed E-state index contributed by atoms with van der Waals surface area (Å²) in [4.78, 5) is 10.0. The second kappa shape index (κ2) is 5.92. The molecule has 0 heterocycles. The summed E-state index contributed by atoms with van der Waals surface area (Å²) < 4.78 is 38.6. The van der Waals surface area contributed by atoms with E-state index in [9.17, 15) is 17.6 Å². The van der Waals surface area contributed by atoms with Crippen molar-refractivity contribution in [1.82, 2.24) is 4.31 Å². The largest absolute Gasteiger partial charge is 0.481 e. The Morgan fingerprint density at radius 2 is 2.00 bits per heavy atom. The lowest BCUT2D eigenvalue weighted by molar-refractivity contribution is -0.137. The third-order valence-corrected chi connectivity index (χ3v) is 4.39. The number of halogens is 1. The second-order valence-corrected chi connectivity index (χ2v) is 5.48. The standard InChI is InChI=1S/C11H14FNO4S/c1-2-13(8-7-11(14)15)18(16,17)10-6-4-3-5-9(10)12/h3-6H,2,7-8H2,1H3,(H,14,15). The first kappa shape index (κ1) is 14.6. The van der Waals surface area contributed by atoms with E-state index in [1.807, 2.05) is 0 Å². The smallest absolute Gasteiger partial charge is 0.304 e. The summed E-state index contributed by atoms with van der Waals surface area (Å²) in [7, 11) is -3.98. The van der Waals surface area contributed by atoms with Crippen molar-refractivity contribution in [2.24, 2.45) is 0 Å². The fraction of sp³-hybridized carbons (Fsp3) is 0.364. The van der Waals surface area contributed by atoms with Crippen LogP contribution < -0.4 is 0 Å². The summed E-state index contributed by atoms with van der Waals surface area (Å²) in [6, 6.07) is 5.02. The van der Waals surface area contributed by atoms with E-state index in [0.717, 1.165) is 16.4 Å². The quantitative estimate of drug-likeness (QED) is 0.849. The molecule has 1 rings (SSSR count). The third-order valence-electron chi connectivity index (χ3n) is 2.38. The third kappa shape index (κ3) is 3.27. The van der Waals surface area contributed by atoms with Gasteiger partial charge in [-0.3, -0.25) is 4.79 Å². The summed E-state index contributed by atoms with van der Waals surface area (Å²) in [5.41, 5.74) is 0. The van der Waals surface area contributed by atoms with Gasteiger partial charge >= 0.3 is 5.97 Å². The predicted molar refractivity (Wildman–Crippen MR) is 63.1 cm³/mol. The number of carboxylic acid groups (broad SMARTS) is 1. The van der Waals surface area contributed by atoms with Crippen LogP contribution in [0, 0.1) is 5.82 Å². The lowest BCUT2D eigenvalue weighted by Gasteiger charge is -2.19. The van der Waals surface area contributed by atoms with E-state index in [1.165, 1.54) is 12.1 Å². The highest BCUT2D eigenvalue weighted by Crippen LogP contribution is 2.18. The normalized spacial score (nSPS) is 11.7. The van der Waals surface area contributed by atoms with Crippen LogP contribution in [-0.2, 0) is 14.8 Å². The van der Waals surface area contributed by atoms with Crippen molar-refractivity contribution in [2.75, 3.05) is 13.1 Å². The number of aliphatic carboxylic acids is 1. The van der Waals surface area contributed by atoms with E-state index in [0.29, 0.717) is 0 Å². The minimum absolute atomic E-state index is 0.0872. The molecule has 1 aromatic carbocycles. The zero-order valence-electron chi connectivity index (χ0n) is 9.84. The van der Waals surface area contributed by atoms with Gasteiger partial charge in [0.25, 0.3) is 0 Å². The van der Waals surface area contributed by atoms with Crippen molar-refractivity contribution in [3.8, 4) is 0 Å². The summed E-state index contributed by atoms with van der Waals surface area (Å²) in [6.45, 7) is 1.48. The molecule has 0 fully saturated rings. The van der Waals surface area contributed by atoms with Gasteiger partial charge in [-0.25, -0.2) is 12.8 Å². The number of hydrogen-bond donors (Lipinski definition) is 1. The molecule has 0 saturated heterocycles. The van der Waals surface area contributed by atoms with Crippen molar-refractivity contribution in [2.45, 2.75) is 18.2 Å². The highest BCUT2D eigenvalue weighted by molar-refractivity contribution is 7.89. The predicted octanol–water partition coefficient (Wildman–Crippen LogP) is 1.31. The Morgan fingerprint density at radius 3 is 2.50 bits per heavy atom. The van der Waals surface area contributed by atoms with Crippen molar-refractivity contribution in [3.05, 3.63) is 30.1 Å². The summed E-state index contributed by atoms with van der Waals surface area (Å²) >= 11 is 0. The monoisotopic (exact) mass is 275 g/mol. The van der Waals surface area contributed by atoms with Crippen molar-refractivity contribution >= 4 is 16.0 Å². The summed E-state index contributed by atoms with van der Waals surface area (Å²) in [5, 5.41) is 8.55. The van der Waals surface area contributed by atoms with E-state index in [4.69, 9.17) is 5.11 Å². The maximum Gasteiger partial charge on any atom is 0.304 e. The molecular formula is C11H14FNO4S. The van der Waals surface area contributed by atoms with Crippen LogP contribution >= 0.6 is 0 Å². The Morgan fingerprint density at radius 1 is 1.39 bits per heavy atom. The van der Waals surface area contributed by atoms with Crippen LogP contribution in [0.25, 0.3) is 0 Å². The topological polar surface area (TPSA) is 74.7 Å². The maximum absolute atomic E-state index is 13.5. The number of hydrogen-bond acceptors (Lipinski definition) is 3. The van der Waals surface area contributed by atoms with E-state index >= 15 is 0 Å². The Labute approximate surface area is 105 Å². The van der Waals surface area contributed by atoms with Gasteiger partial charge in [-0.15, -0.1) is 0 Å². The van der Waals surface area contributed by atoms with Crippen molar-refractivity contribution in [3.63, 3.8) is 0 Å². The van der Waals surface area contributed by atoms with Gasteiger partial charge in [0, 0.05) is 13.1 Å². The van der Waals surface area contributed by atoms with Gasteiger partial charge in [-0.2, -0.15) is 4.31 Å². The van der Waals surface area contributed by atoms with Gasteiger partial charge in [0.15, 0.2) is 0 Å². The van der Waals surface area contributed by atoms with E-state index < -0.39 is 26.7 Å². The zero-order chi connectivity index (χ0) is 13.8. The Hall–Kier alpha value is -1.47. The number of nitrogens with zero attached hydrogens (tertiary/aromatic N) is 1. The number of carbonyl (C=O) groups is 1. The van der Waals surface area contributed by atoms with Gasteiger partial charge in [-0.05, 0) is 12.1 Å². The summed E-state index contributed by atoms with van der Waals surface area (Å²) in [5.74, 6) is -1.94. The lowest BCUT2D eigenvalue weighted by atomic mass is 10.3. The van der Waals surface area contributed by atoms with E-state index in [-0.39, 0.29) is 19.5 Å². The Kier molecular flexibility index (Phi) is 4.80. The molecule has 1 N–H and O–H groups in total. The molecule has 0 unspecified atom stereocenters. The molecule has 0 amide bonds. The molecule has 0 saturated carbocycles. The molecule has 1 aromatic rings. The molecular weight excluding hydrogens is 261 g/mol. The van der Waals surface area contributed by atoms with Gasteiger partial charge < -0.3 is 5.11 Å². The van der Waals surface area contributed by atoms with Crippen LogP contribution in [0.2, 0.25) is 0 Å². The molecule has 18 heavy (non-hydrogen) atoms. The first-order valence-electron chi connectivity index (χ1n) is 5.36. The number of sulfonamides is 1. The Bertz CT molecular complexity index is 530. The zero-order valence-corrected chi connectivity index (χ0v) is 10.7. The number of rotatable bonds is 6. The minimum atomic E-state index is -3.98. The first-order valence-corrected chi connectivity index (χ1v) is 6.80. The number of benzene rings is 1. The fourth-order valence-corrected chi connectivity index (χ4v) is 2.98. The molecule has 0 bridgehead atoms. The average molecular weight is 275 g/mol. The van der Waals surface area contributed by atoms with Gasteiger partial charge in [0.1, 0.15) is 10.7 Å². The van der Waals surface area contributed by atoms with Crippen molar-refractivity contribution < 1.29 is 22.7 Å². The van der Waals surface area contributed by atoms with Crippen LogP contribution in [-0.4, -0.2) is 36.9 Å². The Balaban J connectivity index is 3.04. The molecule has 0 atom stereocenters. The van der Waals surface area contributed by atoms with Gasteiger partial charge in [0.2, 0.25) is 10.0 Å². The second-order valence-electron chi connectivity index (χ2n) is 3.57. The molecule has 100 valence electrons. The van der Waals surface area contributed by atoms with E-state index in [2.05, 4.69) is 0 Å². The first-order chi connectivity index (χ1) is 8.39. The lowest BCUT2D eigenvalue weighted by Crippen LogP contribution is -2.33. The van der Waals surface area contributed by atoms with Crippen LogP contribution in [0.1, 0.15) is 13.3 Å². The van der Waals surface area contributed by atoms with Crippen LogP contribution in [0.3, 0.4) is 0 Å². The van der Waals surface area contributed by atoms with Gasteiger partial charge in [0.05, 0.1) is 6.42 Å². The van der Waals surface area contributed by atoms with Crippen molar-refractivity contribution in [1.29, 1.82) is 0 Å². The van der Waals surface area contributed by atoms with Crippen LogP contribution in [0.5, 0.6) is 0 Å². The average Bonchev–Trinajstić information content (AvgIpc) is 2.29. The maximum atomic E-state index is 13.5. The SMILES string of the molecule is CCN(CCC(=O)O)S(=O)(=O)c1ccccc1F. The highest BCUT2D eigenvalue weighted by Gasteiger charge is 2.26. The molecule has 0 aromatic heterocycles. The molecule has 0 aliphatic carbocycles. The highest BCUT2D eigenvalue weighted by atomic mass is 32.2. The molecule has 0 aliphatic rings. The molecule has 0 spiro atoms. The number of carboxylic acids is 1. The van der Waals surface area contributed by atoms with E-state index in [1.54, 1.807) is 6.92 Å². The molecule has 0 radical (unpaired) electrons.